The number of thiophene rings is 1. The summed E-state index contributed by atoms with van der Waals surface area (Å²) in [6.45, 7) is 3.63. The highest BCUT2D eigenvalue weighted by molar-refractivity contribution is 7.15. The number of esters is 1. The second-order valence-corrected chi connectivity index (χ2v) is 8.08. The van der Waals surface area contributed by atoms with Crippen LogP contribution in [-0.2, 0) is 9.53 Å². The van der Waals surface area contributed by atoms with E-state index < -0.39 is 15.7 Å². The maximum atomic E-state index is 12.5. The number of alkyl halides is 2. The Kier molecular flexibility index (Phi) is 4.40. The van der Waals surface area contributed by atoms with E-state index >= 15 is 0 Å². The average Bonchev–Trinajstić information content (AvgIpc) is 2.97. The van der Waals surface area contributed by atoms with Gasteiger partial charge in [-0.25, -0.2) is 4.79 Å². The molecule has 24 heavy (non-hydrogen) atoms. The van der Waals surface area contributed by atoms with Crippen LogP contribution in [0.4, 0.5) is 5.00 Å². The largest absolute Gasteiger partial charge is 0.464 e. The molecule has 1 amide bonds. The van der Waals surface area contributed by atoms with Gasteiger partial charge in [0.1, 0.15) is 20.7 Å². The highest BCUT2D eigenvalue weighted by Crippen LogP contribution is 2.64. The van der Waals surface area contributed by atoms with Crippen LogP contribution in [0.15, 0.2) is 28.2 Å². The molecule has 0 spiro atoms. The van der Waals surface area contributed by atoms with Crippen LogP contribution in [-0.4, -0.2) is 22.8 Å². The summed E-state index contributed by atoms with van der Waals surface area (Å²) >= 11 is 13.3. The van der Waals surface area contributed by atoms with Crippen LogP contribution in [0.3, 0.4) is 0 Å². The Morgan fingerprint density at radius 3 is 2.71 bits per heavy atom. The van der Waals surface area contributed by atoms with Crippen molar-refractivity contribution in [3.63, 3.8) is 0 Å². The Morgan fingerprint density at radius 2 is 2.17 bits per heavy atom. The molecule has 0 bridgehead atoms. The molecule has 1 unspecified atom stereocenters. The average molecular weight is 388 g/mol. The van der Waals surface area contributed by atoms with E-state index in [1.807, 2.05) is 0 Å². The van der Waals surface area contributed by atoms with Gasteiger partial charge in [-0.1, -0.05) is 0 Å². The molecule has 8 heteroatoms. The highest BCUT2D eigenvalue weighted by atomic mass is 35.5. The monoisotopic (exact) mass is 387 g/mol. The lowest BCUT2D eigenvalue weighted by Gasteiger charge is -2.13. The zero-order valence-electron chi connectivity index (χ0n) is 13.0. The van der Waals surface area contributed by atoms with Gasteiger partial charge in [0.15, 0.2) is 0 Å². The molecule has 1 atom stereocenters. The van der Waals surface area contributed by atoms with E-state index in [1.165, 1.54) is 17.6 Å². The van der Waals surface area contributed by atoms with Gasteiger partial charge in [-0.05, 0) is 32.4 Å². The molecule has 1 N–H and O–H groups in total. The van der Waals surface area contributed by atoms with Gasteiger partial charge >= 0.3 is 5.97 Å². The van der Waals surface area contributed by atoms with Crippen molar-refractivity contribution < 1.29 is 18.7 Å². The van der Waals surface area contributed by atoms with Gasteiger partial charge in [-0.3, -0.25) is 4.79 Å². The molecule has 1 aliphatic rings. The molecule has 3 rings (SSSR count). The highest BCUT2D eigenvalue weighted by Gasteiger charge is 2.68. The minimum atomic E-state index is -1.08. The van der Waals surface area contributed by atoms with Gasteiger partial charge < -0.3 is 14.5 Å². The molecular formula is C16H15Cl2NO4S. The fourth-order valence-electron chi connectivity index (χ4n) is 2.36. The van der Waals surface area contributed by atoms with Crippen molar-refractivity contribution in [2.24, 2.45) is 5.41 Å². The van der Waals surface area contributed by atoms with Gasteiger partial charge in [-0.2, -0.15) is 0 Å². The van der Waals surface area contributed by atoms with E-state index in [-0.39, 0.29) is 18.1 Å². The van der Waals surface area contributed by atoms with Crippen LogP contribution < -0.4 is 5.32 Å². The maximum absolute atomic E-state index is 12.5. The fraction of sp³-hybridized carbons (Fsp3) is 0.375. The molecular weight excluding hydrogens is 373 g/mol. The zero-order valence-corrected chi connectivity index (χ0v) is 15.3. The van der Waals surface area contributed by atoms with Crippen molar-refractivity contribution in [2.75, 3.05) is 11.9 Å². The molecule has 2 heterocycles. The number of carbonyl (C=O) groups excluding carboxylic acids is 2. The molecule has 1 saturated carbocycles. The van der Waals surface area contributed by atoms with Crippen molar-refractivity contribution in [3.05, 3.63) is 29.3 Å². The molecule has 0 aliphatic heterocycles. The van der Waals surface area contributed by atoms with E-state index in [4.69, 9.17) is 32.4 Å². The van der Waals surface area contributed by atoms with Crippen molar-refractivity contribution in [1.82, 2.24) is 0 Å². The summed E-state index contributed by atoms with van der Waals surface area (Å²) in [7, 11) is 0. The van der Waals surface area contributed by atoms with Crippen LogP contribution in [0.1, 0.15) is 30.6 Å². The molecule has 128 valence electrons. The Morgan fingerprint density at radius 1 is 1.46 bits per heavy atom. The molecule has 2 aromatic heterocycles. The first-order chi connectivity index (χ1) is 11.3. The van der Waals surface area contributed by atoms with Crippen molar-refractivity contribution in [1.29, 1.82) is 0 Å². The molecule has 0 aromatic carbocycles. The number of anilines is 1. The number of furan rings is 1. The van der Waals surface area contributed by atoms with Crippen LogP contribution in [0, 0.1) is 5.41 Å². The third kappa shape index (κ3) is 2.83. The lowest BCUT2D eigenvalue weighted by Crippen LogP contribution is -2.26. The summed E-state index contributed by atoms with van der Waals surface area (Å²) in [6, 6.07) is 3.46. The first-order valence-electron chi connectivity index (χ1n) is 7.32. The number of rotatable bonds is 5. The molecule has 1 fully saturated rings. The normalized spacial score (nSPS) is 21.3. The van der Waals surface area contributed by atoms with Gasteiger partial charge in [0.25, 0.3) is 0 Å². The predicted octanol–water partition coefficient (Wildman–Crippen LogP) is 4.71. The summed E-state index contributed by atoms with van der Waals surface area (Å²) in [5.74, 6) is -0.327. The molecule has 0 saturated heterocycles. The Balaban J connectivity index is 1.94. The van der Waals surface area contributed by atoms with E-state index in [0.29, 0.717) is 22.7 Å². The lowest BCUT2D eigenvalue weighted by atomic mass is 10.1. The van der Waals surface area contributed by atoms with Crippen molar-refractivity contribution >= 4 is 51.4 Å². The second-order valence-electron chi connectivity index (χ2n) is 5.72. The summed E-state index contributed by atoms with van der Waals surface area (Å²) in [4.78, 5) is 24.8. The lowest BCUT2D eigenvalue weighted by molar-refractivity contribution is -0.120. The Labute approximate surface area is 152 Å². The first kappa shape index (κ1) is 17.3. The van der Waals surface area contributed by atoms with Crippen LogP contribution in [0.2, 0.25) is 0 Å². The van der Waals surface area contributed by atoms with Crippen molar-refractivity contribution in [2.45, 2.75) is 24.6 Å². The third-order valence-electron chi connectivity index (χ3n) is 4.04. The molecule has 1 aliphatic carbocycles. The van der Waals surface area contributed by atoms with E-state index in [0.717, 1.165) is 0 Å². The Bertz CT molecular complexity index is 784. The fourth-order valence-corrected chi connectivity index (χ4v) is 3.99. The predicted molar refractivity (Wildman–Crippen MR) is 93.8 cm³/mol. The van der Waals surface area contributed by atoms with Gasteiger partial charge in [-0.15, -0.1) is 34.5 Å². The first-order valence-corrected chi connectivity index (χ1v) is 8.95. The number of hydrogen-bond acceptors (Lipinski definition) is 5. The number of nitrogens with one attached hydrogen (secondary N) is 1. The zero-order chi connectivity index (χ0) is 17.5. The molecule has 2 aromatic rings. The summed E-state index contributed by atoms with van der Waals surface area (Å²) in [6.07, 6.45) is 1.88. The van der Waals surface area contributed by atoms with Crippen LogP contribution >= 0.6 is 34.5 Å². The number of ether oxygens (including phenoxy) is 1. The maximum Gasteiger partial charge on any atom is 0.341 e. The van der Waals surface area contributed by atoms with E-state index in [2.05, 4.69) is 5.32 Å². The standard InChI is InChI=1S/C16H15Cl2NO4S/c1-3-22-13(20)11-9(10-5-4-6-23-10)7-24-12(11)19-14(21)15(2)8-16(15,17)18/h4-7H,3,8H2,1-2H3,(H,19,21). The topological polar surface area (TPSA) is 68.5 Å². The summed E-state index contributed by atoms with van der Waals surface area (Å²) < 4.78 is 9.39. The summed E-state index contributed by atoms with van der Waals surface area (Å²) in [5.41, 5.74) is -0.0384. The van der Waals surface area contributed by atoms with Gasteiger partial charge in [0, 0.05) is 10.9 Å². The number of amides is 1. The van der Waals surface area contributed by atoms with Gasteiger partial charge in [0.05, 0.1) is 18.3 Å². The number of hydrogen-bond donors (Lipinski definition) is 1. The van der Waals surface area contributed by atoms with E-state index in [1.54, 1.807) is 31.4 Å². The number of carbonyl (C=O) groups is 2. The number of halogens is 2. The van der Waals surface area contributed by atoms with Crippen molar-refractivity contribution in [3.8, 4) is 11.3 Å². The second kappa shape index (κ2) is 6.10. The van der Waals surface area contributed by atoms with Gasteiger partial charge in [0.2, 0.25) is 5.91 Å². The smallest absolute Gasteiger partial charge is 0.341 e. The van der Waals surface area contributed by atoms with Crippen LogP contribution in [0.25, 0.3) is 11.3 Å². The SMILES string of the molecule is CCOC(=O)c1c(-c2ccco2)csc1NC(=O)C1(C)CC1(Cl)Cl. The Hall–Kier alpha value is -1.50. The molecule has 5 nitrogen and oxygen atoms in total. The molecule has 0 radical (unpaired) electrons. The quantitative estimate of drug-likeness (QED) is 0.595. The summed E-state index contributed by atoms with van der Waals surface area (Å²) in [5, 5.41) is 4.89. The minimum absolute atomic E-state index is 0.226. The van der Waals surface area contributed by atoms with E-state index in [9.17, 15) is 9.59 Å². The minimum Gasteiger partial charge on any atom is -0.464 e. The third-order valence-corrected chi connectivity index (χ3v) is 6.04. The van der Waals surface area contributed by atoms with Crippen LogP contribution in [0.5, 0.6) is 0 Å².